The molecule has 146 valence electrons. The smallest absolute Gasteiger partial charge is 0.174 e. The Balaban J connectivity index is 1.93. The summed E-state index contributed by atoms with van der Waals surface area (Å²) in [5, 5.41) is 10.1. The molecule has 0 heterocycles. The lowest BCUT2D eigenvalue weighted by molar-refractivity contribution is 0.282. The summed E-state index contributed by atoms with van der Waals surface area (Å²) in [6.45, 7) is 0.292. The third-order valence-electron chi connectivity index (χ3n) is 4.18. The van der Waals surface area contributed by atoms with Crippen LogP contribution in [0.3, 0.4) is 0 Å². The van der Waals surface area contributed by atoms with Gasteiger partial charge in [0, 0.05) is 16.1 Å². The number of nitriles is 1. The summed E-state index contributed by atoms with van der Waals surface area (Å²) in [6.07, 6.45) is 1.63. The Morgan fingerprint density at radius 3 is 2.59 bits per heavy atom. The maximum absolute atomic E-state index is 14.1. The van der Waals surface area contributed by atoms with Gasteiger partial charge in [0.1, 0.15) is 12.4 Å². The molecule has 3 nitrogen and oxygen atoms in total. The van der Waals surface area contributed by atoms with Gasteiger partial charge in [-0.15, -0.1) is 0 Å². The van der Waals surface area contributed by atoms with Crippen molar-refractivity contribution in [1.82, 2.24) is 0 Å². The van der Waals surface area contributed by atoms with Gasteiger partial charge in [-0.25, -0.2) is 4.39 Å². The summed E-state index contributed by atoms with van der Waals surface area (Å²) in [7, 11) is 1.54. The van der Waals surface area contributed by atoms with Crippen molar-refractivity contribution in [3.63, 3.8) is 0 Å². The highest BCUT2D eigenvalue weighted by Gasteiger charge is 2.14. The number of nitrogens with zero attached hydrogens (tertiary/aromatic N) is 1. The molecule has 0 saturated carbocycles. The third kappa shape index (κ3) is 5.08. The molecular weight excluding hydrogens is 504 g/mol. The van der Waals surface area contributed by atoms with Gasteiger partial charge in [0.15, 0.2) is 11.5 Å². The first-order chi connectivity index (χ1) is 14.0. The van der Waals surface area contributed by atoms with Crippen molar-refractivity contribution < 1.29 is 13.9 Å². The zero-order chi connectivity index (χ0) is 20.8. The van der Waals surface area contributed by atoms with Crippen LogP contribution in [0.5, 0.6) is 11.5 Å². The summed E-state index contributed by atoms with van der Waals surface area (Å²) in [4.78, 5) is 0. The maximum Gasteiger partial charge on any atom is 0.174 e. The largest absolute Gasteiger partial charge is 0.493 e. The molecule has 0 aliphatic heterocycles. The minimum atomic E-state index is -0.443. The molecule has 0 bridgehead atoms. The highest BCUT2D eigenvalue weighted by atomic mass is 127. The number of hydrogen-bond donors (Lipinski definition) is 0. The van der Waals surface area contributed by atoms with Gasteiger partial charge >= 0.3 is 0 Å². The molecule has 0 fully saturated rings. The van der Waals surface area contributed by atoms with Crippen LogP contribution >= 0.6 is 34.2 Å². The van der Waals surface area contributed by atoms with Gasteiger partial charge in [0.25, 0.3) is 0 Å². The van der Waals surface area contributed by atoms with Crippen LogP contribution in [0.2, 0.25) is 5.02 Å². The average Bonchev–Trinajstić information content (AvgIpc) is 2.72. The summed E-state index contributed by atoms with van der Waals surface area (Å²) in [6, 6.07) is 19.3. The third-order valence-corrected chi connectivity index (χ3v) is 5.35. The summed E-state index contributed by atoms with van der Waals surface area (Å²) < 4.78 is 26.3. The normalized spacial score (nSPS) is 11.1. The molecule has 0 unspecified atom stereocenters. The van der Waals surface area contributed by atoms with E-state index in [0.29, 0.717) is 28.7 Å². The van der Waals surface area contributed by atoms with Crippen LogP contribution in [0, 0.1) is 20.7 Å². The molecule has 3 aromatic rings. The number of halogens is 3. The lowest BCUT2D eigenvalue weighted by Crippen LogP contribution is -2.00. The van der Waals surface area contributed by atoms with Crippen molar-refractivity contribution in [2.45, 2.75) is 6.61 Å². The Morgan fingerprint density at radius 1 is 1.17 bits per heavy atom. The number of rotatable bonds is 6. The molecule has 29 heavy (non-hydrogen) atoms. The number of methoxy groups -OCH3 is 1. The second-order valence-electron chi connectivity index (χ2n) is 6.06. The minimum absolute atomic E-state index is 0.227. The fourth-order valence-electron chi connectivity index (χ4n) is 2.75. The van der Waals surface area contributed by atoms with E-state index in [9.17, 15) is 9.65 Å². The Hall–Kier alpha value is -2.56. The zero-order valence-corrected chi connectivity index (χ0v) is 18.4. The lowest BCUT2D eigenvalue weighted by atomic mass is 10.0. The van der Waals surface area contributed by atoms with Gasteiger partial charge in [-0.1, -0.05) is 48.0 Å². The molecule has 0 radical (unpaired) electrons. The zero-order valence-electron chi connectivity index (χ0n) is 15.5. The highest BCUT2D eigenvalue weighted by Crippen LogP contribution is 2.36. The van der Waals surface area contributed by atoms with E-state index < -0.39 is 5.82 Å². The molecule has 0 aromatic heterocycles. The monoisotopic (exact) mass is 519 g/mol. The first-order valence-corrected chi connectivity index (χ1v) is 10.1. The molecule has 0 aliphatic rings. The van der Waals surface area contributed by atoms with E-state index in [2.05, 4.69) is 28.7 Å². The molecule has 0 aliphatic carbocycles. The Bertz CT molecular complexity index is 1110. The Kier molecular flexibility index (Phi) is 7.13. The van der Waals surface area contributed by atoms with Gasteiger partial charge in [0.2, 0.25) is 0 Å². The molecular formula is C23H16ClFINO2. The molecule has 3 rings (SSSR count). The summed E-state index contributed by atoms with van der Waals surface area (Å²) in [5.41, 5.74) is 2.05. The van der Waals surface area contributed by atoms with Crippen LogP contribution in [0.15, 0.2) is 60.7 Å². The van der Waals surface area contributed by atoms with E-state index >= 15 is 0 Å². The number of hydrogen-bond acceptors (Lipinski definition) is 3. The van der Waals surface area contributed by atoms with Crippen LogP contribution in [-0.4, -0.2) is 7.11 Å². The quantitative estimate of drug-likeness (QED) is 0.206. The van der Waals surface area contributed by atoms with Crippen LogP contribution in [0.4, 0.5) is 4.39 Å². The Labute approximate surface area is 187 Å². The van der Waals surface area contributed by atoms with Crippen molar-refractivity contribution in [2.75, 3.05) is 7.11 Å². The molecule has 3 aromatic carbocycles. The predicted molar refractivity (Wildman–Crippen MR) is 121 cm³/mol. The van der Waals surface area contributed by atoms with Gasteiger partial charge < -0.3 is 9.47 Å². The maximum atomic E-state index is 14.1. The highest BCUT2D eigenvalue weighted by molar-refractivity contribution is 14.1. The van der Waals surface area contributed by atoms with Crippen molar-refractivity contribution in [3.05, 3.63) is 91.8 Å². The summed E-state index contributed by atoms with van der Waals surface area (Å²) in [5.74, 6) is 0.650. The molecule has 0 N–H and O–H groups in total. The van der Waals surface area contributed by atoms with Crippen LogP contribution in [-0.2, 0) is 6.61 Å². The number of benzene rings is 3. The predicted octanol–water partition coefficient (Wildman–Crippen LogP) is 6.74. The SMILES string of the molecule is COc1cc(/C=C(/C#N)c2ccccc2F)cc(I)c1OCc1ccccc1Cl. The fraction of sp³-hybridized carbons (Fsp3) is 0.0870. The van der Waals surface area contributed by atoms with E-state index in [1.54, 1.807) is 37.5 Å². The van der Waals surface area contributed by atoms with Crippen molar-refractivity contribution >= 4 is 45.8 Å². The van der Waals surface area contributed by atoms with Crippen LogP contribution in [0.1, 0.15) is 16.7 Å². The summed E-state index contributed by atoms with van der Waals surface area (Å²) >= 11 is 8.33. The van der Waals surface area contributed by atoms with Gasteiger partial charge in [-0.05, 0) is 58.5 Å². The second kappa shape index (κ2) is 9.77. The van der Waals surface area contributed by atoms with Crippen molar-refractivity contribution in [1.29, 1.82) is 5.26 Å². The molecule has 0 atom stereocenters. The van der Waals surface area contributed by atoms with Crippen molar-refractivity contribution in [2.24, 2.45) is 0 Å². The number of allylic oxidation sites excluding steroid dienone is 1. The van der Waals surface area contributed by atoms with E-state index in [1.807, 2.05) is 30.3 Å². The van der Waals surface area contributed by atoms with E-state index in [1.165, 1.54) is 6.07 Å². The van der Waals surface area contributed by atoms with E-state index in [4.69, 9.17) is 21.1 Å². The fourth-order valence-corrected chi connectivity index (χ4v) is 3.72. The van der Waals surface area contributed by atoms with Gasteiger partial charge in [0.05, 0.1) is 22.3 Å². The minimum Gasteiger partial charge on any atom is -0.493 e. The second-order valence-corrected chi connectivity index (χ2v) is 7.63. The number of ether oxygens (including phenoxy) is 2. The first-order valence-electron chi connectivity index (χ1n) is 8.64. The Morgan fingerprint density at radius 2 is 1.90 bits per heavy atom. The average molecular weight is 520 g/mol. The van der Waals surface area contributed by atoms with E-state index in [0.717, 1.165) is 9.13 Å². The van der Waals surface area contributed by atoms with Gasteiger partial charge in [-0.3, -0.25) is 0 Å². The van der Waals surface area contributed by atoms with E-state index in [-0.39, 0.29) is 11.1 Å². The van der Waals surface area contributed by atoms with Crippen LogP contribution in [0.25, 0.3) is 11.6 Å². The van der Waals surface area contributed by atoms with Crippen molar-refractivity contribution in [3.8, 4) is 17.6 Å². The standard InChI is InChI=1S/C23H16ClFINO2/c1-28-22-12-15(10-17(13-27)18-7-3-5-9-20(18)25)11-21(26)23(22)29-14-16-6-2-4-8-19(16)24/h2-12H,14H2,1H3/b17-10-. The first kappa shape index (κ1) is 21.2. The molecule has 6 heteroatoms. The lowest BCUT2D eigenvalue weighted by Gasteiger charge is -2.14. The molecule has 0 spiro atoms. The van der Waals surface area contributed by atoms with Gasteiger partial charge in [-0.2, -0.15) is 5.26 Å². The molecule has 0 saturated heterocycles. The topological polar surface area (TPSA) is 42.2 Å². The van der Waals surface area contributed by atoms with Crippen LogP contribution < -0.4 is 9.47 Å². The molecule has 0 amide bonds.